The van der Waals surface area contributed by atoms with Crippen LogP contribution >= 0.6 is 0 Å². The van der Waals surface area contributed by atoms with Gasteiger partial charge < -0.3 is 10.0 Å². The van der Waals surface area contributed by atoms with Crippen molar-refractivity contribution in [2.24, 2.45) is 0 Å². The maximum absolute atomic E-state index is 11.5. The third kappa shape index (κ3) is 1.29. The summed E-state index contributed by atoms with van der Waals surface area (Å²) >= 11 is 0. The lowest BCUT2D eigenvalue weighted by atomic mass is 10.1. The Morgan fingerprint density at radius 1 is 1.62 bits per heavy atom. The number of aryl methyl sites for hydroxylation is 1. The van der Waals surface area contributed by atoms with Gasteiger partial charge >= 0.3 is 0 Å². The second-order valence-electron chi connectivity index (χ2n) is 3.12. The highest BCUT2D eigenvalue weighted by Crippen LogP contribution is 2.12. The van der Waals surface area contributed by atoms with Gasteiger partial charge in [0.25, 0.3) is 5.91 Å². The molecule has 1 fully saturated rings. The lowest BCUT2D eigenvalue weighted by Gasteiger charge is -2.35. The van der Waals surface area contributed by atoms with E-state index >= 15 is 0 Å². The number of aliphatic hydroxyl groups is 1. The molecule has 1 saturated heterocycles. The van der Waals surface area contributed by atoms with E-state index in [4.69, 9.17) is 5.11 Å². The number of rotatable bonds is 1. The summed E-state index contributed by atoms with van der Waals surface area (Å²) in [4.78, 5) is 13.1. The molecular weight excluding hydrogens is 172 g/mol. The predicted octanol–water partition coefficient (Wildman–Crippen LogP) is -1.07. The van der Waals surface area contributed by atoms with Crippen molar-refractivity contribution in [3.63, 3.8) is 0 Å². The van der Waals surface area contributed by atoms with Gasteiger partial charge in [-0.25, -0.2) is 0 Å². The van der Waals surface area contributed by atoms with Crippen molar-refractivity contribution in [2.75, 3.05) is 13.1 Å². The molecule has 0 bridgehead atoms. The number of aliphatic hydroxyl groups excluding tert-OH is 1. The zero-order valence-corrected chi connectivity index (χ0v) is 7.19. The van der Waals surface area contributed by atoms with E-state index in [1.165, 1.54) is 4.90 Å². The first-order valence-electron chi connectivity index (χ1n) is 4.03. The molecule has 0 atom stereocenters. The molecule has 1 amide bonds. The molecular formula is C7H10N4O2. The van der Waals surface area contributed by atoms with Gasteiger partial charge in [-0.3, -0.25) is 4.79 Å². The summed E-state index contributed by atoms with van der Waals surface area (Å²) in [6.07, 6.45) is -0.379. The summed E-state index contributed by atoms with van der Waals surface area (Å²) in [7, 11) is 0. The fraction of sp³-hybridized carbons (Fsp3) is 0.571. The standard InChI is InChI=1S/C7H10N4O2/c1-4-6(9-10-8-4)7(13)11-2-5(12)3-11/h5,12H,2-3H2,1H3,(H,8,9,10). The van der Waals surface area contributed by atoms with Gasteiger partial charge in [-0.2, -0.15) is 15.4 Å². The average Bonchev–Trinajstić information content (AvgIpc) is 2.44. The van der Waals surface area contributed by atoms with Crippen LogP contribution in [0.1, 0.15) is 16.2 Å². The second kappa shape index (κ2) is 2.81. The van der Waals surface area contributed by atoms with Gasteiger partial charge in [-0.05, 0) is 6.92 Å². The summed E-state index contributed by atoms with van der Waals surface area (Å²) in [5.74, 6) is -0.170. The van der Waals surface area contributed by atoms with Crippen LogP contribution in [0.4, 0.5) is 0 Å². The molecule has 0 saturated carbocycles. The highest BCUT2D eigenvalue weighted by molar-refractivity contribution is 5.93. The SMILES string of the molecule is Cc1n[nH]nc1C(=O)N1CC(O)C1. The van der Waals surface area contributed by atoms with Gasteiger partial charge in [0.15, 0.2) is 5.69 Å². The Morgan fingerprint density at radius 2 is 2.31 bits per heavy atom. The van der Waals surface area contributed by atoms with Crippen molar-refractivity contribution in [1.29, 1.82) is 0 Å². The lowest BCUT2D eigenvalue weighted by molar-refractivity contribution is 0.00544. The van der Waals surface area contributed by atoms with Gasteiger partial charge in [0.05, 0.1) is 11.8 Å². The molecule has 1 aromatic heterocycles. The number of β-amino-alcohol motifs (C(OH)–C–C–N with tert-alkyl or cyclic N) is 1. The first-order chi connectivity index (χ1) is 6.18. The summed E-state index contributed by atoms with van der Waals surface area (Å²) < 4.78 is 0. The molecule has 1 aliphatic rings. The van der Waals surface area contributed by atoms with Gasteiger partial charge in [0.1, 0.15) is 0 Å². The van der Waals surface area contributed by atoms with Crippen molar-refractivity contribution >= 4 is 5.91 Å². The molecule has 0 radical (unpaired) electrons. The number of carbonyl (C=O) groups excluding carboxylic acids is 1. The first kappa shape index (κ1) is 8.18. The zero-order chi connectivity index (χ0) is 9.42. The Kier molecular flexibility index (Phi) is 1.77. The van der Waals surface area contributed by atoms with Crippen LogP contribution in [0.2, 0.25) is 0 Å². The number of hydrogen-bond acceptors (Lipinski definition) is 4. The Hall–Kier alpha value is -1.43. The normalized spacial score (nSPS) is 17.2. The van der Waals surface area contributed by atoms with E-state index in [2.05, 4.69) is 15.4 Å². The molecule has 0 unspecified atom stereocenters. The Bertz CT molecular complexity index is 329. The highest BCUT2D eigenvalue weighted by Gasteiger charge is 2.31. The maximum Gasteiger partial charge on any atom is 0.276 e. The minimum Gasteiger partial charge on any atom is -0.389 e. The molecule has 0 aliphatic carbocycles. The van der Waals surface area contributed by atoms with E-state index in [1.54, 1.807) is 6.92 Å². The Morgan fingerprint density at radius 3 is 2.77 bits per heavy atom. The number of H-pyrrole nitrogens is 1. The minimum atomic E-state index is -0.379. The largest absolute Gasteiger partial charge is 0.389 e. The Balaban J connectivity index is 2.10. The topological polar surface area (TPSA) is 82.1 Å². The monoisotopic (exact) mass is 182 g/mol. The van der Waals surface area contributed by atoms with Crippen LogP contribution in [0.5, 0.6) is 0 Å². The fourth-order valence-corrected chi connectivity index (χ4v) is 1.26. The van der Waals surface area contributed by atoms with E-state index in [0.29, 0.717) is 24.5 Å². The van der Waals surface area contributed by atoms with Crippen molar-refractivity contribution in [2.45, 2.75) is 13.0 Å². The molecule has 1 aliphatic heterocycles. The number of nitrogens with one attached hydrogen (secondary N) is 1. The van der Waals surface area contributed by atoms with E-state index < -0.39 is 0 Å². The third-order valence-electron chi connectivity index (χ3n) is 2.07. The molecule has 2 rings (SSSR count). The molecule has 1 aromatic rings. The first-order valence-corrected chi connectivity index (χ1v) is 4.03. The maximum atomic E-state index is 11.5. The molecule has 6 nitrogen and oxygen atoms in total. The van der Waals surface area contributed by atoms with E-state index in [0.717, 1.165) is 0 Å². The molecule has 13 heavy (non-hydrogen) atoms. The molecule has 2 heterocycles. The number of carbonyl (C=O) groups is 1. The second-order valence-corrected chi connectivity index (χ2v) is 3.12. The number of likely N-dealkylation sites (tertiary alicyclic amines) is 1. The van der Waals surface area contributed by atoms with Gasteiger partial charge in [-0.15, -0.1) is 0 Å². The van der Waals surface area contributed by atoms with Gasteiger partial charge in [-0.1, -0.05) is 0 Å². The van der Waals surface area contributed by atoms with Crippen molar-refractivity contribution in [3.8, 4) is 0 Å². The van der Waals surface area contributed by atoms with Crippen LogP contribution in [0.3, 0.4) is 0 Å². The van der Waals surface area contributed by atoms with Crippen LogP contribution in [-0.2, 0) is 0 Å². The summed E-state index contributed by atoms with van der Waals surface area (Å²) in [6.45, 7) is 2.50. The summed E-state index contributed by atoms with van der Waals surface area (Å²) in [5, 5.41) is 18.9. The quantitative estimate of drug-likeness (QED) is 0.579. The van der Waals surface area contributed by atoms with Gasteiger partial charge in [0.2, 0.25) is 0 Å². The molecule has 0 spiro atoms. The zero-order valence-electron chi connectivity index (χ0n) is 7.19. The fourth-order valence-electron chi connectivity index (χ4n) is 1.26. The summed E-state index contributed by atoms with van der Waals surface area (Å²) in [5.41, 5.74) is 0.929. The van der Waals surface area contributed by atoms with Gasteiger partial charge in [0, 0.05) is 13.1 Å². The number of hydrogen-bond donors (Lipinski definition) is 2. The molecule has 0 aromatic carbocycles. The van der Waals surface area contributed by atoms with Crippen LogP contribution in [0.25, 0.3) is 0 Å². The smallest absolute Gasteiger partial charge is 0.276 e. The van der Waals surface area contributed by atoms with Crippen LogP contribution in [0, 0.1) is 6.92 Å². The third-order valence-corrected chi connectivity index (χ3v) is 2.07. The Labute approximate surface area is 74.6 Å². The minimum absolute atomic E-state index is 0.170. The highest BCUT2D eigenvalue weighted by atomic mass is 16.3. The van der Waals surface area contributed by atoms with Crippen molar-refractivity contribution < 1.29 is 9.90 Å². The number of aromatic amines is 1. The molecule has 6 heteroatoms. The lowest BCUT2D eigenvalue weighted by Crippen LogP contribution is -2.53. The predicted molar refractivity (Wildman–Crippen MR) is 43.0 cm³/mol. The van der Waals surface area contributed by atoms with E-state index in [1.807, 2.05) is 0 Å². The number of amides is 1. The number of aromatic nitrogens is 3. The number of nitrogens with zero attached hydrogens (tertiary/aromatic N) is 3. The molecule has 2 N–H and O–H groups in total. The van der Waals surface area contributed by atoms with Crippen LogP contribution in [0.15, 0.2) is 0 Å². The van der Waals surface area contributed by atoms with Crippen molar-refractivity contribution in [3.05, 3.63) is 11.4 Å². The van der Waals surface area contributed by atoms with Crippen molar-refractivity contribution in [1.82, 2.24) is 20.3 Å². The van der Waals surface area contributed by atoms with E-state index in [-0.39, 0.29) is 12.0 Å². The summed E-state index contributed by atoms with van der Waals surface area (Å²) in [6, 6.07) is 0. The van der Waals surface area contributed by atoms with Crippen LogP contribution < -0.4 is 0 Å². The van der Waals surface area contributed by atoms with E-state index in [9.17, 15) is 4.79 Å². The molecule has 70 valence electrons. The average molecular weight is 182 g/mol. The van der Waals surface area contributed by atoms with Crippen LogP contribution in [-0.4, -0.2) is 50.5 Å².